The van der Waals surface area contributed by atoms with E-state index in [0.29, 0.717) is 28.2 Å². The van der Waals surface area contributed by atoms with Gasteiger partial charge in [-0.15, -0.1) is 0 Å². The molecule has 2 N–H and O–H groups in total. The molecule has 9 heteroatoms. The molecule has 1 aliphatic heterocycles. The summed E-state index contributed by atoms with van der Waals surface area (Å²) in [6.07, 6.45) is 0. The van der Waals surface area contributed by atoms with Gasteiger partial charge in [0.2, 0.25) is 0 Å². The van der Waals surface area contributed by atoms with Gasteiger partial charge in [0.25, 0.3) is 17.7 Å². The highest BCUT2D eigenvalue weighted by Crippen LogP contribution is 2.31. The number of ether oxygens (including phenoxy) is 1. The number of benzene rings is 3. The first-order valence-corrected chi connectivity index (χ1v) is 11.3. The van der Waals surface area contributed by atoms with Gasteiger partial charge in [-0.2, -0.15) is 0 Å². The van der Waals surface area contributed by atoms with E-state index in [-0.39, 0.29) is 10.7 Å². The van der Waals surface area contributed by atoms with Crippen molar-refractivity contribution in [3.8, 4) is 0 Å². The number of methoxy groups -OCH3 is 1. The Hall–Kier alpha value is -4.43. The van der Waals surface area contributed by atoms with Gasteiger partial charge < -0.3 is 15.4 Å². The molecule has 4 rings (SSSR count). The van der Waals surface area contributed by atoms with Gasteiger partial charge in [-0.3, -0.25) is 14.4 Å². The van der Waals surface area contributed by atoms with E-state index >= 15 is 0 Å². The Balaban J connectivity index is 1.47. The minimum absolute atomic E-state index is 0.0438. The van der Waals surface area contributed by atoms with Crippen LogP contribution in [0.15, 0.2) is 77.5 Å². The summed E-state index contributed by atoms with van der Waals surface area (Å²) in [6, 6.07) is 18.1. The molecule has 0 fully saturated rings. The SMILES string of the molecule is COC(=O)c1cccc(NC(=O)c2ccc(NC3=C(Cl)C(=O)N(c4cc(C)cc(C)c4)C3=O)cc2)c1. The number of hydrogen-bond acceptors (Lipinski definition) is 6. The highest BCUT2D eigenvalue weighted by molar-refractivity contribution is 6.53. The standard InChI is InChI=1S/C27H22ClN3O5/c1-15-11-16(2)13-21(12-15)31-25(33)22(28)23(26(31)34)29-19-9-7-17(8-10-19)24(32)30-20-6-4-5-18(14-20)27(35)36-3/h4-14,29H,1-3H3,(H,30,32). The second-order valence-electron chi connectivity index (χ2n) is 8.21. The monoisotopic (exact) mass is 503 g/mol. The molecule has 3 aromatic carbocycles. The van der Waals surface area contributed by atoms with Gasteiger partial charge in [-0.25, -0.2) is 9.69 Å². The summed E-state index contributed by atoms with van der Waals surface area (Å²) in [6.45, 7) is 3.76. The Morgan fingerprint density at radius 3 is 2.14 bits per heavy atom. The molecule has 0 unspecified atom stereocenters. The van der Waals surface area contributed by atoms with Gasteiger partial charge in [-0.1, -0.05) is 23.7 Å². The van der Waals surface area contributed by atoms with E-state index in [2.05, 4.69) is 10.6 Å². The van der Waals surface area contributed by atoms with E-state index in [1.165, 1.54) is 13.2 Å². The molecule has 0 bridgehead atoms. The number of esters is 1. The van der Waals surface area contributed by atoms with Crippen LogP contribution in [0.4, 0.5) is 17.1 Å². The van der Waals surface area contributed by atoms with Gasteiger partial charge >= 0.3 is 5.97 Å². The van der Waals surface area contributed by atoms with Gasteiger partial charge in [0.15, 0.2) is 0 Å². The van der Waals surface area contributed by atoms with E-state index in [9.17, 15) is 19.2 Å². The second-order valence-corrected chi connectivity index (χ2v) is 8.59. The van der Waals surface area contributed by atoms with Crippen molar-refractivity contribution < 1.29 is 23.9 Å². The first kappa shape index (κ1) is 24.7. The topological polar surface area (TPSA) is 105 Å². The summed E-state index contributed by atoms with van der Waals surface area (Å²) in [5.74, 6) is -2.08. The number of halogens is 1. The molecule has 1 aliphatic rings. The highest BCUT2D eigenvalue weighted by Gasteiger charge is 2.39. The van der Waals surface area contributed by atoms with Crippen LogP contribution in [0.25, 0.3) is 0 Å². The van der Waals surface area contributed by atoms with E-state index in [0.717, 1.165) is 16.0 Å². The number of imide groups is 1. The summed E-state index contributed by atoms with van der Waals surface area (Å²) < 4.78 is 4.69. The van der Waals surface area contributed by atoms with Crippen molar-refractivity contribution >= 4 is 52.4 Å². The lowest BCUT2D eigenvalue weighted by molar-refractivity contribution is -0.120. The van der Waals surface area contributed by atoms with Crippen molar-refractivity contribution in [3.63, 3.8) is 0 Å². The first-order chi connectivity index (χ1) is 17.2. The lowest BCUT2D eigenvalue weighted by atomic mass is 10.1. The van der Waals surface area contributed by atoms with Crippen LogP contribution in [0.3, 0.4) is 0 Å². The van der Waals surface area contributed by atoms with Crippen LogP contribution in [0.1, 0.15) is 31.8 Å². The summed E-state index contributed by atoms with van der Waals surface area (Å²) in [7, 11) is 1.28. The van der Waals surface area contributed by atoms with E-state index in [4.69, 9.17) is 16.3 Å². The summed E-state index contributed by atoms with van der Waals surface area (Å²) in [5.41, 5.74) is 3.78. The fraction of sp³-hybridized carbons (Fsp3) is 0.111. The Kier molecular flexibility index (Phi) is 6.89. The molecule has 36 heavy (non-hydrogen) atoms. The quantitative estimate of drug-likeness (QED) is 0.370. The summed E-state index contributed by atoms with van der Waals surface area (Å²) >= 11 is 6.22. The number of nitrogens with one attached hydrogen (secondary N) is 2. The number of rotatable bonds is 6. The van der Waals surface area contributed by atoms with Crippen molar-refractivity contribution in [1.82, 2.24) is 0 Å². The summed E-state index contributed by atoms with van der Waals surface area (Å²) in [4.78, 5) is 51.1. The molecule has 1 heterocycles. The lowest BCUT2D eigenvalue weighted by Gasteiger charge is -2.16. The van der Waals surface area contributed by atoms with Gasteiger partial charge in [-0.05, 0) is 79.6 Å². The Morgan fingerprint density at radius 1 is 0.833 bits per heavy atom. The number of carbonyl (C=O) groups is 4. The maximum absolute atomic E-state index is 13.0. The average Bonchev–Trinajstić information content (AvgIpc) is 3.06. The number of anilines is 3. The molecule has 0 aromatic heterocycles. The molecule has 182 valence electrons. The van der Waals surface area contributed by atoms with Crippen LogP contribution in [0.5, 0.6) is 0 Å². The molecule has 0 saturated carbocycles. The maximum atomic E-state index is 13.0. The van der Waals surface area contributed by atoms with Crippen LogP contribution in [0.2, 0.25) is 0 Å². The molecule has 0 saturated heterocycles. The molecule has 0 spiro atoms. The van der Waals surface area contributed by atoms with E-state index in [1.807, 2.05) is 19.9 Å². The van der Waals surface area contributed by atoms with E-state index in [1.54, 1.807) is 54.6 Å². The van der Waals surface area contributed by atoms with Crippen molar-refractivity contribution in [3.05, 3.63) is 99.7 Å². The molecule has 0 radical (unpaired) electrons. The number of amides is 3. The predicted molar refractivity (Wildman–Crippen MR) is 137 cm³/mol. The highest BCUT2D eigenvalue weighted by atomic mass is 35.5. The molecular weight excluding hydrogens is 482 g/mol. The van der Waals surface area contributed by atoms with Crippen molar-refractivity contribution in [2.75, 3.05) is 22.6 Å². The summed E-state index contributed by atoms with van der Waals surface area (Å²) in [5, 5.41) is 5.40. The molecule has 3 aromatic rings. The van der Waals surface area contributed by atoms with Crippen LogP contribution in [-0.4, -0.2) is 30.8 Å². The minimum atomic E-state index is -0.612. The maximum Gasteiger partial charge on any atom is 0.337 e. The molecule has 0 aliphatic carbocycles. The third kappa shape index (κ3) is 4.99. The van der Waals surface area contributed by atoms with Crippen molar-refractivity contribution in [2.45, 2.75) is 13.8 Å². The fourth-order valence-electron chi connectivity index (χ4n) is 3.82. The molecule has 0 atom stereocenters. The van der Waals surface area contributed by atoms with Gasteiger partial charge in [0.05, 0.1) is 18.4 Å². The second kappa shape index (κ2) is 10.1. The zero-order valence-electron chi connectivity index (χ0n) is 19.7. The van der Waals surface area contributed by atoms with Crippen LogP contribution < -0.4 is 15.5 Å². The minimum Gasteiger partial charge on any atom is -0.465 e. The zero-order chi connectivity index (χ0) is 26.0. The Bertz CT molecular complexity index is 1410. The Morgan fingerprint density at radius 2 is 1.50 bits per heavy atom. The number of carbonyl (C=O) groups excluding carboxylic acids is 4. The fourth-order valence-corrected chi connectivity index (χ4v) is 4.03. The lowest BCUT2D eigenvalue weighted by Crippen LogP contribution is -2.32. The smallest absolute Gasteiger partial charge is 0.337 e. The number of hydrogen-bond donors (Lipinski definition) is 2. The largest absolute Gasteiger partial charge is 0.465 e. The van der Waals surface area contributed by atoms with E-state index < -0.39 is 23.7 Å². The van der Waals surface area contributed by atoms with Gasteiger partial charge in [0.1, 0.15) is 10.7 Å². The average molecular weight is 504 g/mol. The van der Waals surface area contributed by atoms with Crippen LogP contribution >= 0.6 is 11.6 Å². The third-order valence-corrected chi connectivity index (χ3v) is 5.80. The predicted octanol–water partition coefficient (Wildman–Crippen LogP) is 4.78. The Labute approximate surface area is 212 Å². The molecule has 3 amide bonds. The number of nitrogens with zero attached hydrogens (tertiary/aromatic N) is 1. The first-order valence-electron chi connectivity index (χ1n) is 10.9. The van der Waals surface area contributed by atoms with Crippen LogP contribution in [-0.2, 0) is 14.3 Å². The third-order valence-electron chi connectivity index (χ3n) is 5.45. The van der Waals surface area contributed by atoms with Crippen molar-refractivity contribution in [2.24, 2.45) is 0 Å². The van der Waals surface area contributed by atoms with Crippen LogP contribution in [0, 0.1) is 13.8 Å². The van der Waals surface area contributed by atoms with Crippen molar-refractivity contribution in [1.29, 1.82) is 0 Å². The number of aryl methyl sites for hydroxylation is 2. The normalized spacial score (nSPS) is 13.2. The van der Waals surface area contributed by atoms with Gasteiger partial charge in [0, 0.05) is 16.9 Å². The molecule has 8 nitrogen and oxygen atoms in total. The molecular formula is C27H22ClN3O5. The zero-order valence-corrected chi connectivity index (χ0v) is 20.5.